The number of hydrogen-bond donors (Lipinski definition) is 2. The van der Waals surface area contributed by atoms with E-state index >= 15 is 0 Å². The summed E-state index contributed by atoms with van der Waals surface area (Å²) in [5.74, 6) is -3.51. The van der Waals surface area contributed by atoms with E-state index in [4.69, 9.17) is 16.3 Å². The van der Waals surface area contributed by atoms with Crippen LogP contribution in [-0.2, 0) is 19.1 Å². The third-order valence-corrected chi connectivity index (χ3v) is 4.72. The number of nitrogens with zero attached hydrogens (tertiary/aromatic N) is 1. The van der Waals surface area contributed by atoms with E-state index < -0.39 is 35.6 Å². The average molecular weight is 408 g/mol. The molecular formula is C20H22ClNO6. The molecule has 28 heavy (non-hydrogen) atoms. The number of hydrogen-bond acceptors (Lipinski definition) is 5. The predicted octanol–water partition coefficient (Wildman–Crippen LogP) is 3.19. The van der Waals surface area contributed by atoms with E-state index in [-0.39, 0.29) is 28.3 Å². The predicted molar refractivity (Wildman–Crippen MR) is 104 cm³/mol. The van der Waals surface area contributed by atoms with Crippen LogP contribution in [0.3, 0.4) is 0 Å². The summed E-state index contributed by atoms with van der Waals surface area (Å²) in [6.07, 6.45) is -0.444. The van der Waals surface area contributed by atoms with Crippen molar-refractivity contribution in [1.29, 1.82) is 0 Å². The fourth-order valence-corrected chi connectivity index (χ4v) is 3.54. The van der Waals surface area contributed by atoms with Gasteiger partial charge in [0.2, 0.25) is 0 Å². The third-order valence-electron chi connectivity index (χ3n) is 4.39. The van der Waals surface area contributed by atoms with Crippen LogP contribution in [0.15, 0.2) is 41.1 Å². The molecule has 0 fully saturated rings. The molecule has 0 aliphatic carbocycles. The number of carboxylic acid groups (broad SMARTS) is 2. The van der Waals surface area contributed by atoms with Crippen molar-refractivity contribution in [2.24, 2.45) is 0 Å². The Hall–Kier alpha value is -2.80. The highest BCUT2D eigenvalue weighted by Gasteiger charge is 2.43. The summed E-state index contributed by atoms with van der Waals surface area (Å²) >= 11 is 6.29. The molecule has 1 atom stereocenters. The van der Waals surface area contributed by atoms with Crippen molar-refractivity contribution in [2.75, 3.05) is 6.54 Å². The highest BCUT2D eigenvalue weighted by atomic mass is 35.5. The summed E-state index contributed by atoms with van der Waals surface area (Å²) < 4.78 is 5.33. The van der Waals surface area contributed by atoms with Gasteiger partial charge in [0.05, 0.1) is 17.3 Å². The molecule has 0 saturated heterocycles. The van der Waals surface area contributed by atoms with Crippen LogP contribution in [0.5, 0.6) is 0 Å². The normalized spacial score (nSPS) is 17.2. The molecule has 1 aromatic rings. The first-order valence-corrected chi connectivity index (χ1v) is 9.13. The minimum Gasteiger partial charge on any atom is -0.479 e. The molecule has 1 aliphatic heterocycles. The van der Waals surface area contributed by atoms with E-state index in [9.17, 15) is 24.6 Å². The second kappa shape index (κ2) is 8.48. The summed E-state index contributed by atoms with van der Waals surface area (Å²) in [5, 5.41) is 19.9. The minimum atomic E-state index is -1.47. The van der Waals surface area contributed by atoms with Crippen molar-refractivity contribution in [1.82, 2.24) is 4.90 Å². The monoisotopic (exact) mass is 407 g/mol. The first kappa shape index (κ1) is 21.5. The molecule has 0 bridgehead atoms. The molecule has 0 aromatic heterocycles. The number of carboxylic acids is 2. The third kappa shape index (κ3) is 3.89. The van der Waals surface area contributed by atoms with Crippen LogP contribution in [0.25, 0.3) is 5.57 Å². The molecule has 0 amide bonds. The number of allylic oxidation sites excluding steroid dienone is 1. The molecule has 1 aliphatic rings. The van der Waals surface area contributed by atoms with Gasteiger partial charge in [0.15, 0.2) is 6.04 Å². The quantitative estimate of drug-likeness (QED) is 0.697. The van der Waals surface area contributed by atoms with E-state index in [0.29, 0.717) is 5.70 Å². The van der Waals surface area contributed by atoms with Crippen LogP contribution in [0.1, 0.15) is 33.3 Å². The van der Waals surface area contributed by atoms with Gasteiger partial charge >= 0.3 is 17.9 Å². The van der Waals surface area contributed by atoms with E-state index in [2.05, 4.69) is 0 Å². The number of benzene rings is 1. The molecule has 150 valence electrons. The maximum atomic E-state index is 12.9. The summed E-state index contributed by atoms with van der Waals surface area (Å²) in [5.41, 5.74) is 0.125. The molecule has 1 heterocycles. The highest BCUT2D eigenvalue weighted by molar-refractivity contribution is 6.33. The van der Waals surface area contributed by atoms with Crippen molar-refractivity contribution in [3.63, 3.8) is 0 Å². The molecular weight excluding hydrogens is 386 g/mol. The first-order chi connectivity index (χ1) is 13.1. The standard InChI is InChI=1S/C20H22ClNO6/c1-5-22-11(4)14(20(27)28-10(2)3)15(12-8-6-7-9-13(12)21)16(18(23)24)17(22)19(25)26/h6-10,17H,5H2,1-4H3,(H,23,24)(H,25,26). The summed E-state index contributed by atoms with van der Waals surface area (Å²) in [4.78, 5) is 38.4. The number of carbonyl (C=O) groups excluding carboxylic acids is 1. The first-order valence-electron chi connectivity index (χ1n) is 8.75. The zero-order valence-electron chi connectivity index (χ0n) is 16.0. The molecule has 0 radical (unpaired) electrons. The van der Waals surface area contributed by atoms with Gasteiger partial charge in [-0.25, -0.2) is 14.4 Å². The lowest BCUT2D eigenvalue weighted by Crippen LogP contribution is -2.47. The number of likely N-dealkylation sites (N-methyl/N-ethyl adjacent to an activating group) is 1. The largest absolute Gasteiger partial charge is 0.479 e. The van der Waals surface area contributed by atoms with Gasteiger partial charge in [0.25, 0.3) is 0 Å². The summed E-state index contributed by atoms with van der Waals surface area (Å²) in [7, 11) is 0. The van der Waals surface area contributed by atoms with Crippen molar-refractivity contribution in [3.05, 3.63) is 51.7 Å². The van der Waals surface area contributed by atoms with Gasteiger partial charge in [-0.2, -0.15) is 0 Å². The van der Waals surface area contributed by atoms with Crippen LogP contribution in [0.2, 0.25) is 5.02 Å². The zero-order valence-corrected chi connectivity index (χ0v) is 16.8. The second-order valence-corrected chi connectivity index (χ2v) is 6.92. The van der Waals surface area contributed by atoms with Crippen molar-refractivity contribution < 1.29 is 29.3 Å². The molecule has 8 heteroatoms. The number of ether oxygens (including phenoxy) is 1. The topological polar surface area (TPSA) is 104 Å². The van der Waals surface area contributed by atoms with Gasteiger partial charge in [-0.15, -0.1) is 0 Å². The van der Waals surface area contributed by atoms with Crippen molar-refractivity contribution in [2.45, 2.75) is 39.8 Å². The fourth-order valence-electron chi connectivity index (χ4n) is 3.31. The molecule has 7 nitrogen and oxygen atoms in total. The highest BCUT2D eigenvalue weighted by Crippen LogP contribution is 2.41. The smallest absolute Gasteiger partial charge is 0.340 e. The molecule has 2 N–H and O–H groups in total. The average Bonchev–Trinajstić information content (AvgIpc) is 2.59. The van der Waals surface area contributed by atoms with E-state index in [1.165, 1.54) is 4.90 Å². The van der Waals surface area contributed by atoms with Gasteiger partial charge < -0.3 is 19.8 Å². The number of carbonyl (C=O) groups is 3. The Morgan fingerprint density at radius 2 is 1.82 bits per heavy atom. The maximum absolute atomic E-state index is 12.9. The van der Waals surface area contributed by atoms with Crippen LogP contribution >= 0.6 is 11.6 Å². The Morgan fingerprint density at radius 1 is 1.21 bits per heavy atom. The SMILES string of the molecule is CCN1C(C)=C(C(=O)OC(C)C)C(c2ccccc2Cl)=C(C(=O)O)C1C(=O)O. The van der Waals surface area contributed by atoms with Crippen molar-refractivity contribution >= 4 is 35.1 Å². The Labute approximate surface area is 167 Å². The maximum Gasteiger partial charge on any atom is 0.340 e. The van der Waals surface area contributed by atoms with E-state index in [0.717, 1.165) is 0 Å². The lowest BCUT2D eigenvalue weighted by atomic mass is 9.84. The van der Waals surface area contributed by atoms with Crippen LogP contribution in [-0.4, -0.2) is 51.7 Å². The lowest BCUT2D eigenvalue weighted by Gasteiger charge is -2.37. The Morgan fingerprint density at radius 3 is 2.29 bits per heavy atom. The van der Waals surface area contributed by atoms with Gasteiger partial charge in [-0.3, -0.25) is 0 Å². The Balaban J connectivity index is 2.94. The Bertz CT molecular complexity index is 886. The van der Waals surface area contributed by atoms with Gasteiger partial charge in [0, 0.05) is 28.4 Å². The van der Waals surface area contributed by atoms with Crippen LogP contribution in [0, 0.1) is 0 Å². The van der Waals surface area contributed by atoms with Crippen LogP contribution < -0.4 is 0 Å². The number of aliphatic carboxylic acids is 2. The van der Waals surface area contributed by atoms with Crippen molar-refractivity contribution in [3.8, 4) is 0 Å². The molecule has 0 spiro atoms. The van der Waals surface area contributed by atoms with Crippen LogP contribution in [0.4, 0.5) is 0 Å². The number of halogens is 1. The number of rotatable bonds is 6. The second-order valence-electron chi connectivity index (χ2n) is 6.51. The number of esters is 1. The van der Waals surface area contributed by atoms with Gasteiger partial charge in [0.1, 0.15) is 0 Å². The lowest BCUT2D eigenvalue weighted by molar-refractivity contribution is -0.145. The minimum absolute atomic E-state index is 0.00134. The van der Waals surface area contributed by atoms with E-state index in [1.807, 2.05) is 0 Å². The summed E-state index contributed by atoms with van der Waals surface area (Å²) in [6.45, 7) is 6.79. The van der Waals surface area contributed by atoms with Gasteiger partial charge in [-0.05, 0) is 33.8 Å². The molecule has 0 saturated carbocycles. The van der Waals surface area contributed by atoms with E-state index in [1.54, 1.807) is 52.0 Å². The van der Waals surface area contributed by atoms with Gasteiger partial charge in [-0.1, -0.05) is 29.8 Å². The summed E-state index contributed by atoms with van der Waals surface area (Å²) in [6, 6.07) is 4.93. The molecule has 2 rings (SSSR count). The fraction of sp³-hybridized carbons (Fsp3) is 0.350. The zero-order chi connectivity index (χ0) is 21.2. The molecule has 1 aromatic carbocycles. The molecule has 1 unspecified atom stereocenters. The Kier molecular flexibility index (Phi) is 6.51.